The Labute approximate surface area is 123 Å². The molecule has 0 spiro atoms. The number of amides is 1. The zero-order chi connectivity index (χ0) is 15.0. The molecule has 0 aromatic heterocycles. The molecule has 1 heterocycles. The van der Waals surface area contributed by atoms with E-state index in [-0.39, 0.29) is 18.6 Å². The van der Waals surface area contributed by atoms with Crippen molar-refractivity contribution < 1.29 is 19.4 Å². The van der Waals surface area contributed by atoms with Crippen LogP contribution in [-0.4, -0.2) is 47.2 Å². The van der Waals surface area contributed by atoms with Crippen molar-refractivity contribution in [2.75, 3.05) is 13.1 Å². The maximum Gasteiger partial charge on any atom is 0.334 e. The highest BCUT2D eigenvalue weighted by Crippen LogP contribution is 2.24. The van der Waals surface area contributed by atoms with Crippen molar-refractivity contribution in [1.82, 2.24) is 4.90 Å². The largest absolute Gasteiger partial charge is 0.479 e. The zero-order valence-electron chi connectivity index (χ0n) is 12.0. The molecule has 0 saturated carbocycles. The van der Waals surface area contributed by atoms with Crippen LogP contribution in [0.4, 0.5) is 0 Å². The Morgan fingerprint density at radius 2 is 2.00 bits per heavy atom. The van der Waals surface area contributed by atoms with Crippen LogP contribution in [0.3, 0.4) is 0 Å². The third kappa shape index (κ3) is 2.78. The van der Waals surface area contributed by atoms with Gasteiger partial charge in [-0.15, -0.1) is 0 Å². The third-order valence-corrected chi connectivity index (χ3v) is 4.17. The Bertz CT molecular complexity index is 584. The second-order valence-electron chi connectivity index (χ2n) is 5.82. The van der Waals surface area contributed by atoms with Crippen LogP contribution in [-0.2, 0) is 22.4 Å². The fourth-order valence-corrected chi connectivity index (χ4v) is 3.14. The number of benzene rings is 1. The van der Waals surface area contributed by atoms with Crippen LogP contribution < -0.4 is 0 Å². The Morgan fingerprint density at radius 1 is 1.24 bits per heavy atom. The average molecular weight is 289 g/mol. The van der Waals surface area contributed by atoms with Gasteiger partial charge in [0, 0.05) is 12.1 Å². The Morgan fingerprint density at radius 3 is 2.76 bits per heavy atom. The summed E-state index contributed by atoms with van der Waals surface area (Å²) in [7, 11) is 0. The van der Waals surface area contributed by atoms with Gasteiger partial charge in [-0.1, -0.05) is 6.07 Å². The highest BCUT2D eigenvalue weighted by atomic mass is 16.5. The van der Waals surface area contributed by atoms with Crippen molar-refractivity contribution in [3.05, 3.63) is 34.9 Å². The fourth-order valence-electron chi connectivity index (χ4n) is 3.14. The van der Waals surface area contributed by atoms with E-state index in [1.807, 2.05) is 18.2 Å². The van der Waals surface area contributed by atoms with E-state index in [0.29, 0.717) is 12.1 Å². The second-order valence-corrected chi connectivity index (χ2v) is 5.82. The van der Waals surface area contributed by atoms with Crippen molar-refractivity contribution in [3.63, 3.8) is 0 Å². The number of hydrogen-bond donors (Lipinski definition) is 1. The number of aliphatic carboxylic acids is 1. The van der Waals surface area contributed by atoms with Crippen LogP contribution in [0, 0.1) is 0 Å². The van der Waals surface area contributed by atoms with Crippen molar-refractivity contribution >= 4 is 11.9 Å². The van der Waals surface area contributed by atoms with E-state index < -0.39 is 12.1 Å². The molecule has 1 aromatic carbocycles. The second kappa shape index (κ2) is 5.48. The van der Waals surface area contributed by atoms with Crippen LogP contribution in [0.1, 0.15) is 34.8 Å². The summed E-state index contributed by atoms with van der Waals surface area (Å²) in [5, 5.41) is 9.09. The number of carbonyl (C=O) groups excluding carboxylic acids is 1. The molecule has 1 amide bonds. The number of nitrogens with zero attached hydrogens (tertiary/aromatic N) is 1. The minimum Gasteiger partial charge on any atom is -0.479 e. The molecular formula is C16H19NO4. The van der Waals surface area contributed by atoms with Gasteiger partial charge in [-0.3, -0.25) is 4.79 Å². The molecule has 3 rings (SSSR count). The molecule has 2 aliphatic rings. The maximum atomic E-state index is 12.6. The van der Waals surface area contributed by atoms with Gasteiger partial charge in [-0.05, 0) is 49.4 Å². The lowest BCUT2D eigenvalue weighted by atomic mass is 10.0. The number of fused-ring (bicyclic) bond motifs is 1. The fraction of sp³-hybridized carbons (Fsp3) is 0.500. The van der Waals surface area contributed by atoms with Gasteiger partial charge in [0.25, 0.3) is 5.91 Å². The van der Waals surface area contributed by atoms with E-state index in [0.717, 1.165) is 19.3 Å². The topological polar surface area (TPSA) is 66.8 Å². The first-order valence-corrected chi connectivity index (χ1v) is 7.34. The number of rotatable bonds is 2. The third-order valence-electron chi connectivity index (χ3n) is 4.17. The Balaban J connectivity index is 1.79. The smallest absolute Gasteiger partial charge is 0.334 e. The summed E-state index contributed by atoms with van der Waals surface area (Å²) in [6.07, 6.45) is 2.04. The molecule has 1 unspecified atom stereocenters. The van der Waals surface area contributed by atoms with E-state index >= 15 is 0 Å². The van der Waals surface area contributed by atoms with Crippen LogP contribution in [0.15, 0.2) is 18.2 Å². The van der Waals surface area contributed by atoms with Crippen LogP contribution >= 0.6 is 0 Å². The zero-order valence-corrected chi connectivity index (χ0v) is 12.0. The van der Waals surface area contributed by atoms with Gasteiger partial charge in [0.05, 0.1) is 12.6 Å². The van der Waals surface area contributed by atoms with E-state index in [2.05, 4.69) is 0 Å². The molecule has 1 aliphatic heterocycles. The van der Waals surface area contributed by atoms with Gasteiger partial charge < -0.3 is 14.7 Å². The molecular weight excluding hydrogens is 270 g/mol. The SMILES string of the molecule is C[C@@H]1CN(C(=O)c2ccc3c(c2)CCC3)CC(C(=O)O)O1. The lowest BCUT2D eigenvalue weighted by Crippen LogP contribution is -2.51. The summed E-state index contributed by atoms with van der Waals surface area (Å²) in [4.78, 5) is 25.3. The summed E-state index contributed by atoms with van der Waals surface area (Å²) in [5.74, 6) is -1.13. The van der Waals surface area contributed by atoms with E-state index in [9.17, 15) is 9.59 Å². The predicted molar refractivity (Wildman–Crippen MR) is 76.3 cm³/mol. The number of ether oxygens (including phenoxy) is 1. The lowest BCUT2D eigenvalue weighted by Gasteiger charge is -2.35. The quantitative estimate of drug-likeness (QED) is 0.895. The van der Waals surface area contributed by atoms with Crippen molar-refractivity contribution in [1.29, 1.82) is 0 Å². The molecule has 0 bridgehead atoms. The molecule has 1 N–H and O–H groups in total. The molecule has 112 valence electrons. The van der Waals surface area contributed by atoms with E-state index in [1.54, 1.807) is 11.8 Å². The average Bonchev–Trinajstić information content (AvgIpc) is 2.93. The normalized spacial score (nSPS) is 24.7. The van der Waals surface area contributed by atoms with Crippen LogP contribution in [0.5, 0.6) is 0 Å². The molecule has 1 fully saturated rings. The number of carboxylic acids is 1. The molecule has 1 aromatic rings. The van der Waals surface area contributed by atoms with Gasteiger partial charge in [0.2, 0.25) is 0 Å². The molecule has 0 radical (unpaired) electrons. The van der Waals surface area contributed by atoms with Gasteiger partial charge in [0.15, 0.2) is 6.10 Å². The van der Waals surface area contributed by atoms with Gasteiger partial charge in [-0.2, -0.15) is 0 Å². The van der Waals surface area contributed by atoms with Gasteiger partial charge in [0.1, 0.15) is 0 Å². The van der Waals surface area contributed by atoms with E-state index in [4.69, 9.17) is 9.84 Å². The van der Waals surface area contributed by atoms with Gasteiger partial charge >= 0.3 is 5.97 Å². The Hall–Kier alpha value is -1.88. The van der Waals surface area contributed by atoms with Gasteiger partial charge in [-0.25, -0.2) is 4.79 Å². The van der Waals surface area contributed by atoms with Crippen LogP contribution in [0.25, 0.3) is 0 Å². The minimum absolute atomic E-state index is 0.105. The summed E-state index contributed by atoms with van der Waals surface area (Å²) in [6, 6.07) is 5.83. The summed E-state index contributed by atoms with van der Waals surface area (Å²) >= 11 is 0. The molecule has 5 heteroatoms. The number of carbonyl (C=O) groups is 2. The first kappa shape index (κ1) is 14.1. The molecule has 21 heavy (non-hydrogen) atoms. The highest BCUT2D eigenvalue weighted by molar-refractivity contribution is 5.95. The minimum atomic E-state index is -1.02. The number of morpholine rings is 1. The van der Waals surface area contributed by atoms with Crippen molar-refractivity contribution in [3.8, 4) is 0 Å². The molecule has 1 saturated heterocycles. The first-order chi connectivity index (χ1) is 10.0. The number of hydrogen-bond acceptors (Lipinski definition) is 3. The standard InChI is InChI=1S/C16H19NO4/c1-10-8-17(9-14(21-10)16(19)20)15(18)13-6-5-11-3-2-4-12(11)7-13/h5-7,10,14H,2-4,8-9H2,1H3,(H,19,20)/t10-,14?/m1/s1. The summed E-state index contributed by atoms with van der Waals surface area (Å²) in [5.41, 5.74) is 3.22. The molecule has 5 nitrogen and oxygen atoms in total. The predicted octanol–water partition coefficient (Wildman–Crippen LogP) is 1.49. The molecule has 2 atom stereocenters. The molecule has 1 aliphatic carbocycles. The monoisotopic (exact) mass is 289 g/mol. The summed E-state index contributed by atoms with van der Waals surface area (Å²) < 4.78 is 5.34. The lowest BCUT2D eigenvalue weighted by molar-refractivity contribution is -0.160. The summed E-state index contributed by atoms with van der Waals surface area (Å²) in [6.45, 7) is 2.33. The maximum absolute atomic E-state index is 12.6. The van der Waals surface area contributed by atoms with Crippen molar-refractivity contribution in [2.24, 2.45) is 0 Å². The number of aryl methyl sites for hydroxylation is 2. The van der Waals surface area contributed by atoms with E-state index in [1.165, 1.54) is 11.1 Å². The number of carboxylic acid groups (broad SMARTS) is 1. The Kier molecular flexibility index (Phi) is 3.68. The van der Waals surface area contributed by atoms with Crippen molar-refractivity contribution in [2.45, 2.75) is 38.4 Å². The first-order valence-electron chi connectivity index (χ1n) is 7.34. The van der Waals surface area contributed by atoms with Crippen LogP contribution in [0.2, 0.25) is 0 Å². The highest BCUT2D eigenvalue weighted by Gasteiger charge is 2.33.